The number of ether oxygens (including phenoxy) is 1. The molecule has 2 atom stereocenters. The van der Waals surface area contributed by atoms with Crippen LogP contribution in [0.3, 0.4) is 0 Å². The maximum absolute atomic E-state index is 13.3. The summed E-state index contributed by atoms with van der Waals surface area (Å²) in [5, 5.41) is 0. The van der Waals surface area contributed by atoms with Crippen molar-refractivity contribution in [2.24, 2.45) is 0 Å². The molecule has 32 heavy (non-hydrogen) atoms. The summed E-state index contributed by atoms with van der Waals surface area (Å²) in [6.45, 7) is 13.2. The van der Waals surface area contributed by atoms with E-state index in [0.29, 0.717) is 0 Å². The number of carbonyl (C=O) groups excluding carboxylic acids is 2. The van der Waals surface area contributed by atoms with Gasteiger partial charge in [-0.2, -0.15) is 0 Å². The minimum absolute atomic E-state index is 0.0621. The number of nitrogens with zero attached hydrogens (tertiary/aromatic N) is 2. The molecule has 6 heteroatoms. The van der Waals surface area contributed by atoms with Crippen molar-refractivity contribution in [2.75, 3.05) is 13.6 Å². The number of rotatable bonds is 7. The molecule has 0 aromatic heterocycles. The number of amides is 2. The van der Waals surface area contributed by atoms with Gasteiger partial charge in [0.2, 0.25) is 0 Å². The van der Waals surface area contributed by atoms with Gasteiger partial charge in [-0.1, -0.05) is 38.6 Å². The lowest BCUT2D eigenvalue weighted by molar-refractivity contribution is -0.126. The van der Waals surface area contributed by atoms with Crippen molar-refractivity contribution in [3.05, 3.63) is 11.6 Å². The van der Waals surface area contributed by atoms with E-state index in [4.69, 9.17) is 4.74 Å². The van der Waals surface area contributed by atoms with Crippen LogP contribution in [0, 0.1) is 11.5 Å². The van der Waals surface area contributed by atoms with E-state index in [1.165, 1.54) is 0 Å². The molecular weight excluding hydrogens is 416 g/mol. The van der Waals surface area contributed by atoms with Gasteiger partial charge in [-0.15, -0.1) is 11.5 Å². The van der Waals surface area contributed by atoms with Gasteiger partial charge in [-0.25, -0.2) is 4.79 Å². The van der Waals surface area contributed by atoms with Crippen LogP contribution in [0.5, 0.6) is 0 Å². The molecule has 2 heterocycles. The predicted octanol–water partition coefficient (Wildman–Crippen LogP) is 5.76. The van der Waals surface area contributed by atoms with E-state index in [1.54, 1.807) is 0 Å². The first-order valence-corrected chi connectivity index (χ1v) is 15.9. The fraction of sp³-hybridized carbons (Fsp3) is 0.769. The Hall–Kier alpha value is -1.74. The first kappa shape index (κ1) is 26.5. The van der Waals surface area contributed by atoms with Crippen LogP contribution in [-0.4, -0.2) is 61.2 Å². The van der Waals surface area contributed by atoms with Crippen molar-refractivity contribution < 1.29 is 14.3 Å². The largest absolute Gasteiger partial charge is 0.444 e. The quantitative estimate of drug-likeness (QED) is 0.275. The molecule has 2 aliphatic heterocycles. The van der Waals surface area contributed by atoms with E-state index in [2.05, 4.69) is 37.2 Å². The number of fused-ring (bicyclic) bond motifs is 2. The van der Waals surface area contributed by atoms with Gasteiger partial charge in [-0.3, -0.25) is 9.69 Å². The Labute approximate surface area is 196 Å². The maximum atomic E-state index is 13.3. The summed E-state index contributed by atoms with van der Waals surface area (Å²) in [5.74, 6) is 3.39. The molecule has 2 aliphatic rings. The topological polar surface area (TPSA) is 49.9 Å². The highest BCUT2D eigenvalue weighted by Crippen LogP contribution is 2.36. The molecule has 180 valence electrons. The normalized spacial score (nSPS) is 20.7. The van der Waals surface area contributed by atoms with E-state index in [9.17, 15) is 9.59 Å². The fourth-order valence-corrected chi connectivity index (χ4v) is 5.08. The molecular formula is C26H44N2O3Si. The monoisotopic (exact) mass is 460 g/mol. The summed E-state index contributed by atoms with van der Waals surface area (Å²) in [7, 11) is 0.633. The van der Waals surface area contributed by atoms with Gasteiger partial charge in [0.1, 0.15) is 13.7 Å². The molecule has 0 N–H and O–H groups in total. The molecule has 0 aromatic rings. The third-order valence-corrected chi connectivity index (χ3v) is 6.86. The molecule has 0 aliphatic carbocycles. The zero-order valence-corrected chi connectivity index (χ0v) is 22.4. The summed E-state index contributed by atoms with van der Waals surface area (Å²) in [4.78, 5) is 29.8. The van der Waals surface area contributed by atoms with Gasteiger partial charge >= 0.3 is 6.09 Å². The number of unbranched alkanes of at least 4 members (excludes halogenated alkanes) is 4. The summed E-state index contributed by atoms with van der Waals surface area (Å²) >= 11 is 0. The third-order valence-electron chi connectivity index (χ3n) is 5.93. The van der Waals surface area contributed by atoms with E-state index in [0.717, 1.165) is 69.9 Å². The first-order chi connectivity index (χ1) is 14.9. The Morgan fingerprint density at radius 1 is 1.12 bits per heavy atom. The number of hydrogen-bond donors (Lipinski definition) is 0. The summed E-state index contributed by atoms with van der Waals surface area (Å²) < 4.78 is 5.67. The van der Waals surface area contributed by atoms with Crippen molar-refractivity contribution in [3.63, 3.8) is 0 Å². The van der Waals surface area contributed by atoms with Gasteiger partial charge in [0.25, 0.3) is 5.91 Å². The predicted molar refractivity (Wildman–Crippen MR) is 134 cm³/mol. The molecule has 5 nitrogen and oxygen atoms in total. The van der Waals surface area contributed by atoms with Crippen LogP contribution >= 0.6 is 0 Å². The fourth-order valence-electron chi connectivity index (χ4n) is 4.43. The highest BCUT2D eigenvalue weighted by atomic mass is 28.3. The van der Waals surface area contributed by atoms with Gasteiger partial charge in [0.15, 0.2) is 0 Å². The second-order valence-electron chi connectivity index (χ2n) is 11.3. The van der Waals surface area contributed by atoms with Gasteiger partial charge in [-0.05, 0) is 59.3 Å². The van der Waals surface area contributed by atoms with Crippen LogP contribution in [-0.2, 0) is 9.53 Å². The minimum Gasteiger partial charge on any atom is -0.444 e. The molecule has 1 saturated heterocycles. The Balaban J connectivity index is 1.85. The highest BCUT2D eigenvalue weighted by molar-refractivity contribution is 6.83. The van der Waals surface area contributed by atoms with Crippen molar-refractivity contribution >= 4 is 20.1 Å². The number of likely N-dealkylation sites (N-methyl/N-ethyl adjacent to an activating group) is 1. The molecule has 0 unspecified atom stereocenters. The average molecular weight is 461 g/mol. The smallest absolute Gasteiger partial charge is 0.411 e. The molecule has 2 rings (SSSR count). The molecule has 2 bridgehead atoms. The summed E-state index contributed by atoms with van der Waals surface area (Å²) in [6, 6.07) is 0.0167. The van der Waals surface area contributed by atoms with E-state index in [1.807, 2.05) is 37.6 Å². The molecule has 0 aromatic carbocycles. The average Bonchev–Trinajstić information content (AvgIpc) is 2.97. The van der Waals surface area contributed by atoms with E-state index >= 15 is 0 Å². The Kier molecular flexibility index (Phi) is 9.45. The first-order valence-electron chi connectivity index (χ1n) is 12.4. The van der Waals surface area contributed by atoms with Crippen molar-refractivity contribution in [3.8, 4) is 11.5 Å². The van der Waals surface area contributed by atoms with Crippen LogP contribution in [0.4, 0.5) is 4.79 Å². The van der Waals surface area contributed by atoms with Gasteiger partial charge in [0.05, 0.1) is 6.04 Å². The molecule has 0 spiro atoms. The van der Waals surface area contributed by atoms with Crippen LogP contribution < -0.4 is 0 Å². The van der Waals surface area contributed by atoms with Crippen molar-refractivity contribution in [1.29, 1.82) is 0 Å². The summed E-state index contributed by atoms with van der Waals surface area (Å²) in [6.07, 6.45) is 10.7. The van der Waals surface area contributed by atoms with Crippen molar-refractivity contribution in [2.45, 2.75) is 116 Å². The number of allylic oxidation sites excluding steroid dienone is 1. The minimum atomic E-state index is -1.25. The second-order valence-corrected chi connectivity index (χ2v) is 16.1. The lowest BCUT2D eigenvalue weighted by Crippen LogP contribution is -2.46. The number of hydrogen-bond acceptors (Lipinski definition) is 3. The van der Waals surface area contributed by atoms with Crippen LogP contribution in [0.25, 0.3) is 0 Å². The summed E-state index contributed by atoms with van der Waals surface area (Å²) in [5.41, 5.74) is 3.66. The van der Waals surface area contributed by atoms with Gasteiger partial charge in [0, 0.05) is 31.6 Å². The molecule has 2 amide bonds. The SMILES string of the molecule is CN(CCCCCCC#C[Si](C)(C)C)C(=O)C1=CCC[C@@H]2CC[C@H]1N2C(=O)OC(C)(C)C. The van der Waals surface area contributed by atoms with E-state index in [-0.39, 0.29) is 24.1 Å². The van der Waals surface area contributed by atoms with Crippen LogP contribution in [0.2, 0.25) is 19.6 Å². The number of carbonyl (C=O) groups is 2. The third kappa shape index (κ3) is 8.31. The Morgan fingerprint density at radius 2 is 1.81 bits per heavy atom. The zero-order chi connectivity index (χ0) is 23.9. The molecule has 1 fully saturated rings. The Bertz CT molecular complexity index is 752. The van der Waals surface area contributed by atoms with E-state index < -0.39 is 13.7 Å². The second kappa shape index (κ2) is 11.4. The molecule has 0 saturated carbocycles. The van der Waals surface area contributed by atoms with Crippen LogP contribution in [0.15, 0.2) is 11.6 Å². The zero-order valence-electron chi connectivity index (χ0n) is 21.4. The molecule has 0 radical (unpaired) electrons. The van der Waals surface area contributed by atoms with Gasteiger partial charge < -0.3 is 9.64 Å². The highest BCUT2D eigenvalue weighted by Gasteiger charge is 2.43. The van der Waals surface area contributed by atoms with Crippen LogP contribution in [0.1, 0.15) is 78.6 Å². The van der Waals surface area contributed by atoms with Crippen molar-refractivity contribution in [1.82, 2.24) is 9.80 Å². The lowest BCUT2D eigenvalue weighted by atomic mass is 9.99. The maximum Gasteiger partial charge on any atom is 0.411 e. The lowest BCUT2D eigenvalue weighted by Gasteiger charge is -2.32. The Morgan fingerprint density at radius 3 is 2.47 bits per heavy atom. The standard InChI is InChI=1S/C26H44N2O3Si/c1-26(2,3)31-25(30)28-21-15-14-16-22(23(28)18-17-21)24(29)27(4)19-12-10-8-9-11-13-20-32(5,6)7/h16,21,23H,8-12,14-15,17-19H2,1-7H3/t21-,23-/m1/s1.